The Morgan fingerprint density at radius 3 is 2.74 bits per heavy atom. The number of aliphatic hydroxyl groups excluding tert-OH is 1. The van der Waals surface area contributed by atoms with E-state index in [-0.39, 0.29) is 41.9 Å². The lowest BCUT2D eigenvalue weighted by atomic mass is 10.1. The van der Waals surface area contributed by atoms with Crippen LogP contribution in [0, 0.1) is 5.82 Å². The largest absolute Gasteiger partial charge is 0.528 e. The van der Waals surface area contributed by atoms with E-state index in [1.807, 2.05) is 0 Å². The Balaban J connectivity index is 1.62. The highest BCUT2D eigenvalue weighted by Crippen LogP contribution is 2.35. The molecule has 1 aliphatic heterocycles. The lowest BCUT2D eigenvalue weighted by Gasteiger charge is -2.30. The molecule has 0 radical (unpaired) electrons. The van der Waals surface area contributed by atoms with Crippen molar-refractivity contribution in [3.63, 3.8) is 0 Å². The van der Waals surface area contributed by atoms with E-state index in [0.717, 1.165) is 0 Å². The van der Waals surface area contributed by atoms with Crippen molar-refractivity contribution < 1.29 is 33.3 Å². The Morgan fingerprint density at radius 2 is 2.09 bits per heavy atom. The van der Waals surface area contributed by atoms with E-state index in [1.165, 1.54) is 31.3 Å². The molecule has 2 N–H and O–H groups in total. The molecule has 1 saturated heterocycles. The first-order valence-electron chi connectivity index (χ1n) is 10.9. The molecule has 3 rings (SSSR count). The van der Waals surface area contributed by atoms with Gasteiger partial charge in [0.1, 0.15) is 18.2 Å². The van der Waals surface area contributed by atoms with Crippen molar-refractivity contribution in [2.24, 2.45) is 0 Å². The van der Waals surface area contributed by atoms with Crippen molar-refractivity contribution in [3.05, 3.63) is 30.3 Å². The molecule has 0 atom stereocenters. The van der Waals surface area contributed by atoms with Gasteiger partial charge in [0.15, 0.2) is 5.82 Å². The third-order valence-electron chi connectivity index (χ3n) is 4.74. The number of hydrogen-bond donors (Lipinski definition) is 2. The van der Waals surface area contributed by atoms with Gasteiger partial charge in [0.2, 0.25) is 5.75 Å². The van der Waals surface area contributed by atoms with Crippen LogP contribution in [-0.2, 0) is 9.57 Å². The lowest BCUT2D eigenvalue weighted by Crippen LogP contribution is -2.40. The number of ether oxygens (including phenoxy) is 3. The predicted octanol–water partition coefficient (Wildman–Crippen LogP) is 3.77. The highest BCUT2D eigenvalue weighted by atomic mass is 32.2. The van der Waals surface area contributed by atoms with Crippen molar-refractivity contribution in [1.82, 2.24) is 15.0 Å². The number of nitrogens with zero attached hydrogens (tertiary/aromatic N) is 3. The molecule has 0 spiro atoms. The molecule has 1 fully saturated rings. The van der Waals surface area contributed by atoms with Crippen LogP contribution in [0.2, 0.25) is 0 Å². The minimum absolute atomic E-state index is 0.0178. The third kappa shape index (κ3) is 7.34. The van der Waals surface area contributed by atoms with Crippen molar-refractivity contribution in [2.75, 3.05) is 37.9 Å². The summed E-state index contributed by atoms with van der Waals surface area (Å²) in [5, 5.41) is 13.4. The molecular formula is C22H29FN4O6S. The zero-order chi connectivity index (χ0) is 24.5. The molecule has 186 valence electrons. The van der Waals surface area contributed by atoms with Crippen LogP contribution in [0.4, 0.5) is 20.7 Å². The number of benzene rings is 1. The summed E-state index contributed by atoms with van der Waals surface area (Å²) in [4.78, 5) is 25.9. The van der Waals surface area contributed by atoms with Gasteiger partial charge in [-0.25, -0.2) is 14.2 Å². The van der Waals surface area contributed by atoms with Gasteiger partial charge in [0, 0.05) is 36.6 Å². The Bertz CT molecular complexity index is 959. The van der Waals surface area contributed by atoms with Crippen LogP contribution in [-0.4, -0.2) is 71.1 Å². The maximum atomic E-state index is 14.6. The summed E-state index contributed by atoms with van der Waals surface area (Å²) in [6.45, 7) is 4.47. The van der Waals surface area contributed by atoms with Crippen LogP contribution in [0.25, 0.3) is 0 Å². The average molecular weight is 497 g/mol. The van der Waals surface area contributed by atoms with E-state index in [2.05, 4.69) is 15.3 Å². The third-order valence-corrected chi connectivity index (χ3v) is 5.72. The van der Waals surface area contributed by atoms with Crippen molar-refractivity contribution >= 4 is 29.4 Å². The number of methoxy groups -OCH3 is 1. The van der Waals surface area contributed by atoms with Crippen LogP contribution < -0.4 is 14.8 Å². The van der Waals surface area contributed by atoms with Gasteiger partial charge in [-0.3, -0.25) is 0 Å². The van der Waals surface area contributed by atoms with E-state index >= 15 is 0 Å². The Morgan fingerprint density at radius 1 is 1.32 bits per heavy atom. The fraction of sp³-hybridized carbons (Fsp3) is 0.500. The van der Waals surface area contributed by atoms with Gasteiger partial charge >= 0.3 is 6.16 Å². The monoisotopic (exact) mass is 496 g/mol. The maximum absolute atomic E-state index is 14.6. The van der Waals surface area contributed by atoms with Gasteiger partial charge in [-0.1, -0.05) is 0 Å². The van der Waals surface area contributed by atoms with Crippen LogP contribution in [0.1, 0.15) is 26.7 Å². The Hall–Kier alpha value is -2.83. The first kappa shape index (κ1) is 25.8. The molecule has 0 unspecified atom stereocenters. The molecular weight excluding hydrogens is 467 g/mol. The standard InChI is InChI=1S/C22H29FN4O6S/c1-14(2)31-22(29)33-27-8-6-15(7-9-27)32-21-19(30-3)20(24-13-25-21)26-18-5-4-16(12-17(18)23)34-11-10-28/h4-5,12-15,28H,6-11H2,1-3H3,(H,24,25,26). The first-order chi connectivity index (χ1) is 16.4. The fourth-order valence-corrected chi connectivity index (χ4v) is 3.89. The molecule has 0 bridgehead atoms. The number of hydroxylamine groups is 2. The van der Waals surface area contributed by atoms with Gasteiger partial charge in [0.25, 0.3) is 5.88 Å². The number of thioether (sulfide) groups is 1. The van der Waals surface area contributed by atoms with Crippen LogP contribution >= 0.6 is 11.8 Å². The number of rotatable bonds is 10. The minimum Gasteiger partial charge on any atom is -0.489 e. The summed E-state index contributed by atoms with van der Waals surface area (Å²) in [7, 11) is 1.46. The van der Waals surface area contributed by atoms with Crippen molar-refractivity contribution in [2.45, 2.75) is 43.8 Å². The minimum atomic E-state index is -0.727. The van der Waals surface area contributed by atoms with Crippen LogP contribution in [0.5, 0.6) is 11.6 Å². The molecule has 2 heterocycles. The number of piperidine rings is 1. The number of hydrogen-bond acceptors (Lipinski definition) is 11. The van der Waals surface area contributed by atoms with Gasteiger partial charge in [-0.05, 0) is 32.0 Å². The summed E-state index contributed by atoms with van der Waals surface area (Å²) in [5.74, 6) is 0.766. The average Bonchev–Trinajstić information content (AvgIpc) is 2.80. The van der Waals surface area contributed by atoms with E-state index in [0.29, 0.717) is 36.6 Å². The van der Waals surface area contributed by atoms with Crippen LogP contribution in [0.3, 0.4) is 0 Å². The molecule has 34 heavy (non-hydrogen) atoms. The smallest absolute Gasteiger partial charge is 0.489 e. The molecule has 1 aromatic heterocycles. The Labute approximate surface area is 201 Å². The quantitative estimate of drug-likeness (QED) is 0.370. The van der Waals surface area contributed by atoms with Gasteiger partial charge < -0.3 is 29.5 Å². The molecule has 1 aromatic carbocycles. The molecule has 1 aliphatic rings. The summed E-state index contributed by atoms with van der Waals surface area (Å²) in [6, 6.07) is 4.74. The molecule has 2 aromatic rings. The number of carbonyl (C=O) groups is 1. The number of aromatic nitrogens is 2. The number of carbonyl (C=O) groups excluding carboxylic acids is 1. The molecule has 10 nitrogen and oxygen atoms in total. The number of halogens is 1. The summed E-state index contributed by atoms with van der Waals surface area (Å²) in [6.07, 6.45) is 1.33. The van der Waals surface area contributed by atoms with Gasteiger partial charge in [-0.15, -0.1) is 16.8 Å². The van der Waals surface area contributed by atoms with Crippen LogP contribution in [0.15, 0.2) is 29.4 Å². The SMILES string of the molecule is COc1c(Nc2ccc(SCCO)cc2F)ncnc1OC1CCN(OC(=O)OC(C)C)CC1. The highest BCUT2D eigenvalue weighted by Gasteiger charge is 2.26. The molecule has 0 saturated carbocycles. The molecule has 0 aliphatic carbocycles. The normalized spacial score (nSPS) is 14.6. The number of aliphatic hydroxyl groups is 1. The zero-order valence-electron chi connectivity index (χ0n) is 19.3. The van der Waals surface area contributed by atoms with E-state index in [1.54, 1.807) is 31.0 Å². The highest BCUT2D eigenvalue weighted by molar-refractivity contribution is 7.99. The lowest BCUT2D eigenvalue weighted by molar-refractivity contribution is -0.151. The maximum Gasteiger partial charge on any atom is 0.528 e. The first-order valence-corrected chi connectivity index (χ1v) is 11.9. The second kappa shape index (κ2) is 12.6. The predicted molar refractivity (Wildman–Crippen MR) is 124 cm³/mol. The Kier molecular flexibility index (Phi) is 9.54. The number of anilines is 2. The van der Waals surface area contributed by atoms with Crippen molar-refractivity contribution in [3.8, 4) is 11.6 Å². The molecule has 12 heteroatoms. The number of nitrogens with one attached hydrogen (secondary N) is 1. The summed E-state index contributed by atoms with van der Waals surface area (Å²) < 4.78 is 31.0. The second-order valence-electron chi connectivity index (χ2n) is 7.65. The van der Waals surface area contributed by atoms with Crippen molar-refractivity contribution in [1.29, 1.82) is 0 Å². The second-order valence-corrected chi connectivity index (χ2v) is 8.82. The van der Waals surface area contributed by atoms with Gasteiger partial charge in [0.05, 0.1) is 25.5 Å². The topological polar surface area (TPSA) is 115 Å². The van der Waals surface area contributed by atoms with E-state index in [9.17, 15) is 9.18 Å². The zero-order valence-corrected chi connectivity index (χ0v) is 20.1. The van der Waals surface area contributed by atoms with E-state index < -0.39 is 12.0 Å². The van der Waals surface area contributed by atoms with Gasteiger partial charge in [-0.2, -0.15) is 4.98 Å². The summed E-state index contributed by atoms with van der Waals surface area (Å²) >= 11 is 1.36. The molecule has 0 amide bonds. The summed E-state index contributed by atoms with van der Waals surface area (Å²) in [5.41, 5.74) is 0.218. The fourth-order valence-electron chi connectivity index (χ4n) is 3.21. The van der Waals surface area contributed by atoms with E-state index in [4.69, 9.17) is 24.2 Å².